The van der Waals surface area contributed by atoms with Crippen molar-refractivity contribution < 1.29 is 47.5 Å². The average molecular weight is 864 g/mol. The lowest BCUT2D eigenvalue weighted by Crippen LogP contribution is -2.34. The standard InChI is InChI=1S/C48H82NO10P/c1-3-5-7-9-11-13-15-17-19-21-22-24-25-27-29-31-33-35-37-39-46(50)56-41-44(42-57-60(54,55)58-43-45(49)48(52)53)59-47(51)40-38-36-34-32-30-28-26-23-20-18-16-14-12-10-8-6-4-2/h11,13,17,19,22,24,26-29,32,34,44-45H,3-10,12,14-16,18,20-21,23,25,30-31,33,35-43,49H2,1-2H3,(H,52,53)(H,54,55)/b13-11+,19-17+,24-22+,28-26+,29-27+,34-32+/t44-,45+/m1/s1. The lowest BCUT2D eigenvalue weighted by atomic mass is 10.1. The van der Waals surface area contributed by atoms with Crippen LogP contribution >= 0.6 is 7.82 Å². The van der Waals surface area contributed by atoms with Crippen LogP contribution in [0.3, 0.4) is 0 Å². The highest BCUT2D eigenvalue weighted by Gasteiger charge is 2.28. The maximum absolute atomic E-state index is 12.6. The lowest BCUT2D eigenvalue weighted by Gasteiger charge is -2.20. The number of rotatable bonds is 42. The molecule has 0 saturated heterocycles. The Hall–Kier alpha value is -3.08. The van der Waals surface area contributed by atoms with Crippen molar-refractivity contribution in [2.75, 3.05) is 19.8 Å². The molecule has 0 saturated carbocycles. The van der Waals surface area contributed by atoms with E-state index >= 15 is 0 Å². The third-order valence-corrected chi connectivity index (χ3v) is 10.4. The number of carboxylic acid groups (broad SMARTS) is 1. The highest BCUT2D eigenvalue weighted by Crippen LogP contribution is 2.43. The number of hydrogen-bond donors (Lipinski definition) is 3. The molecular formula is C48H82NO10P. The van der Waals surface area contributed by atoms with Crippen molar-refractivity contribution in [3.8, 4) is 0 Å². The lowest BCUT2D eigenvalue weighted by molar-refractivity contribution is -0.161. The number of carbonyl (C=O) groups is 3. The van der Waals surface area contributed by atoms with Crippen LogP contribution < -0.4 is 5.73 Å². The quantitative estimate of drug-likeness (QED) is 0.0231. The number of esters is 2. The van der Waals surface area contributed by atoms with Crippen LogP contribution in [0.2, 0.25) is 0 Å². The van der Waals surface area contributed by atoms with Crippen molar-refractivity contribution in [3.05, 3.63) is 72.9 Å². The molecule has 4 N–H and O–H groups in total. The molecule has 0 aliphatic heterocycles. The number of nitrogens with two attached hydrogens (primary N) is 1. The van der Waals surface area contributed by atoms with E-state index in [1.165, 1.54) is 83.5 Å². The fourth-order valence-electron chi connectivity index (χ4n) is 5.79. The summed E-state index contributed by atoms with van der Waals surface area (Å²) in [6.07, 6.45) is 51.2. The van der Waals surface area contributed by atoms with E-state index in [9.17, 15) is 23.8 Å². The normalized spacial score (nSPS) is 14.3. The molecule has 1 unspecified atom stereocenters. The van der Waals surface area contributed by atoms with Gasteiger partial charge in [0.2, 0.25) is 0 Å². The Balaban J connectivity index is 4.47. The van der Waals surface area contributed by atoms with Crippen molar-refractivity contribution in [2.24, 2.45) is 5.73 Å². The third-order valence-electron chi connectivity index (χ3n) is 9.43. The van der Waals surface area contributed by atoms with Crippen LogP contribution in [0.1, 0.15) is 181 Å². The summed E-state index contributed by atoms with van der Waals surface area (Å²) < 4.78 is 32.7. The number of hydrogen-bond acceptors (Lipinski definition) is 9. The predicted molar refractivity (Wildman–Crippen MR) is 244 cm³/mol. The summed E-state index contributed by atoms with van der Waals surface area (Å²) >= 11 is 0. The minimum Gasteiger partial charge on any atom is -0.480 e. The van der Waals surface area contributed by atoms with E-state index in [4.69, 9.17) is 24.8 Å². The Morgan fingerprint density at radius 2 is 0.900 bits per heavy atom. The van der Waals surface area contributed by atoms with E-state index in [1.54, 1.807) is 0 Å². The number of aliphatic carboxylic acids is 1. The zero-order valence-corrected chi connectivity index (χ0v) is 38.2. The first-order valence-electron chi connectivity index (χ1n) is 23.0. The van der Waals surface area contributed by atoms with Gasteiger partial charge in [0.05, 0.1) is 13.2 Å². The summed E-state index contributed by atoms with van der Waals surface area (Å²) in [4.78, 5) is 46.0. The fraction of sp³-hybridized carbons (Fsp3) is 0.688. The summed E-state index contributed by atoms with van der Waals surface area (Å²) in [5.74, 6) is -2.48. The van der Waals surface area contributed by atoms with Crippen molar-refractivity contribution >= 4 is 25.7 Å². The summed E-state index contributed by atoms with van der Waals surface area (Å²) in [5.41, 5.74) is 5.33. The molecule has 0 rings (SSSR count). The molecule has 11 nitrogen and oxygen atoms in total. The summed E-state index contributed by atoms with van der Waals surface area (Å²) in [6.45, 7) is 2.70. The van der Waals surface area contributed by atoms with Crippen LogP contribution in [-0.2, 0) is 37.5 Å². The molecule has 3 atom stereocenters. The van der Waals surface area contributed by atoms with Gasteiger partial charge >= 0.3 is 25.7 Å². The first-order valence-corrected chi connectivity index (χ1v) is 24.5. The highest BCUT2D eigenvalue weighted by molar-refractivity contribution is 7.47. The number of allylic oxidation sites excluding steroid dienone is 12. The molecule has 0 fully saturated rings. The molecule has 344 valence electrons. The summed E-state index contributed by atoms with van der Waals surface area (Å²) in [5, 5.41) is 8.90. The Morgan fingerprint density at radius 1 is 0.517 bits per heavy atom. The Labute approximate surface area is 363 Å². The van der Waals surface area contributed by atoms with Crippen LogP contribution in [0, 0.1) is 0 Å². The molecule has 0 radical (unpaired) electrons. The zero-order chi connectivity index (χ0) is 44.2. The molecule has 0 aromatic heterocycles. The number of phosphoric ester groups is 1. The van der Waals surface area contributed by atoms with Gasteiger partial charge in [-0.2, -0.15) is 0 Å². The van der Waals surface area contributed by atoms with E-state index in [2.05, 4.69) is 85.2 Å². The van der Waals surface area contributed by atoms with Gasteiger partial charge in [-0.05, 0) is 83.5 Å². The molecule has 0 aliphatic rings. The van der Waals surface area contributed by atoms with Crippen molar-refractivity contribution in [1.29, 1.82) is 0 Å². The molecule has 0 heterocycles. The van der Waals surface area contributed by atoms with Crippen molar-refractivity contribution in [3.63, 3.8) is 0 Å². The molecule has 0 spiro atoms. The Kier molecular flexibility index (Phi) is 40.4. The summed E-state index contributed by atoms with van der Waals surface area (Å²) in [7, 11) is -4.74. The fourth-order valence-corrected chi connectivity index (χ4v) is 6.57. The first-order chi connectivity index (χ1) is 29.1. The number of carboxylic acids is 1. The van der Waals surface area contributed by atoms with Crippen molar-refractivity contribution in [1.82, 2.24) is 0 Å². The van der Waals surface area contributed by atoms with E-state index in [0.717, 1.165) is 51.4 Å². The number of carbonyl (C=O) groups excluding carboxylic acids is 2. The van der Waals surface area contributed by atoms with E-state index in [0.29, 0.717) is 19.3 Å². The Morgan fingerprint density at radius 3 is 1.40 bits per heavy atom. The van der Waals surface area contributed by atoms with Gasteiger partial charge < -0.3 is 25.2 Å². The molecule has 0 amide bonds. The molecule has 0 aromatic carbocycles. The number of phosphoric acid groups is 1. The molecule has 60 heavy (non-hydrogen) atoms. The molecule has 0 aliphatic carbocycles. The smallest absolute Gasteiger partial charge is 0.472 e. The van der Waals surface area contributed by atoms with E-state index in [-0.39, 0.29) is 19.4 Å². The maximum Gasteiger partial charge on any atom is 0.472 e. The number of unbranched alkanes of at least 4 members (excludes halogenated alkanes) is 16. The van der Waals surface area contributed by atoms with Gasteiger partial charge in [-0.25, -0.2) is 4.57 Å². The molecular weight excluding hydrogens is 781 g/mol. The first kappa shape index (κ1) is 56.9. The van der Waals surface area contributed by atoms with Crippen LogP contribution in [0.15, 0.2) is 72.9 Å². The van der Waals surface area contributed by atoms with Crippen LogP contribution in [-0.4, -0.2) is 59.9 Å². The SMILES string of the molecule is CCCCC/C=C/C/C=C/C/C=C/C/C=C/CCCCCC(=O)OC[C@H](COP(=O)(O)OC[C@H](N)C(=O)O)OC(=O)CCC/C=C/C/C=C/CCCCCCCCCCC. The van der Waals surface area contributed by atoms with Gasteiger partial charge in [-0.3, -0.25) is 23.4 Å². The largest absolute Gasteiger partial charge is 0.480 e. The average Bonchev–Trinajstić information content (AvgIpc) is 3.22. The monoisotopic (exact) mass is 864 g/mol. The van der Waals surface area contributed by atoms with E-state index in [1.807, 2.05) is 6.08 Å². The van der Waals surface area contributed by atoms with Crippen LogP contribution in [0.4, 0.5) is 0 Å². The predicted octanol–water partition coefficient (Wildman–Crippen LogP) is 12.5. The topological polar surface area (TPSA) is 172 Å². The maximum atomic E-state index is 12.6. The van der Waals surface area contributed by atoms with Crippen molar-refractivity contribution in [2.45, 2.75) is 193 Å². The zero-order valence-electron chi connectivity index (χ0n) is 37.3. The minimum atomic E-state index is -4.74. The second kappa shape index (κ2) is 42.6. The second-order valence-electron chi connectivity index (χ2n) is 15.2. The van der Waals surface area contributed by atoms with Gasteiger partial charge in [0.25, 0.3) is 0 Å². The van der Waals surface area contributed by atoms with Gasteiger partial charge in [0.15, 0.2) is 6.10 Å². The second-order valence-corrected chi connectivity index (χ2v) is 16.6. The van der Waals surface area contributed by atoms with Gasteiger partial charge in [0.1, 0.15) is 12.6 Å². The van der Waals surface area contributed by atoms with Crippen LogP contribution in [0.5, 0.6) is 0 Å². The van der Waals surface area contributed by atoms with Gasteiger partial charge in [0, 0.05) is 12.8 Å². The molecule has 12 heteroatoms. The van der Waals surface area contributed by atoms with Gasteiger partial charge in [-0.1, -0.05) is 157 Å². The minimum absolute atomic E-state index is 0.0867. The van der Waals surface area contributed by atoms with Crippen LogP contribution in [0.25, 0.3) is 0 Å². The Bertz CT molecular complexity index is 1290. The number of ether oxygens (including phenoxy) is 2. The molecule has 0 aromatic rings. The molecule has 0 bridgehead atoms. The highest BCUT2D eigenvalue weighted by atomic mass is 31.2. The van der Waals surface area contributed by atoms with E-state index < -0.39 is 51.1 Å². The van der Waals surface area contributed by atoms with Gasteiger partial charge in [-0.15, -0.1) is 0 Å². The third kappa shape index (κ3) is 41.6. The summed E-state index contributed by atoms with van der Waals surface area (Å²) in [6, 6.07) is -1.54.